The molecule has 0 aliphatic rings. The Bertz CT molecular complexity index is 457. The van der Waals surface area contributed by atoms with Crippen molar-refractivity contribution >= 4 is 33.2 Å². The maximum atomic E-state index is 11.9. The minimum absolute atomic E-state index is 0.189. The predicted octanol–water partition coefficient (Wildman–Crippen LogP) is 2.88. The van der Waals surface area contributed by atoms with Crippen molar-refractivity contribution in [1.29, 1.82) is 0 Å². The Morgan fingerprint density at radius 1 is 1.24 bits per heavy atom. The molecule has 6 heteroatoms. The number of halogens is 2. The Morgan fingerprint density at radius 3 is 2.24 bits per heavy atom. The molecule has 0 radical (unpaired) electrons. The van der Waals surface area contributed by atoms with Crippen LogP contribution in [0, 0.1) is 5.92 Å². The highest BCUT2D eigenvalue weighted by atomic mass is 35.5. The van der Waals surface area contributed by atoms with E-state index < -0.39 is 10.0 Å². The van der Waals surface area contributed by atoms with Gasteiger partial charge in [0.15, 0.2) is 0 Å². The van der Waals surface area contributed by atoms with Crippen molar-refractivity contribution in [1.82, 2.24) is 4.72 Å². The summed E-state index contributed by atoms with van der Waals surface area (Å²) in [6.45, 7) is 4.09. The second kappa shape index (κ2) is 6.05. The van der Waals surface area contributed by atoms with Crippen molar-refractivity contribution < 1.29 is 8.42 Å². The number of hydrogen-bond donors (Lipinski definition) is 1. The van der Waals surface area contributed by atoms with Gasteiger partial charge in [-0.1, -0.05) is 25.4 Å². The highest BCUT2D eigenvalue weighted by Gasteiger charge is 2.17. The summed E-state index contributed by atoms with van der Waals surface area (Å²) in [5.74, 6) is 0.213. The maximum absolute atomic E-state index is 11.9. The largest absolute Gasteiger partial charge is 0.240 e. The second-order valence-electron chi connectivity index (χ2n) is 4.07. The smallest absolute Gasteiger partial charge is 0.210 e. The summed E-state index contributed by atoms with van der Waals surface area (Å²) in [5.41, 5.74) is 0. The number of sulfonamides is 1. The van der Waals surface area contributed by atoms with Gasteiger partial charge in [0.05, 0.1) is 4.90 Å². The average Bonchev–Trinajstić information content (AvgIpc) is 2.26. The van der Waals surface area contributed by atoms with Crippen LogP contribution in [0.2, 0.25) is 5.02 Å². The molecule has 0 bridgehead atoms. The molecule has 1 unspecified atom stereocenters. The van der Waals surface area contributed by atoms with Gasteiger partial charge in [0.25, 0.3) is 0 Å². The van der Waals surface area contributed by atoms with E-state index >= 15 is 0 Å². The first-order valence-electron chi connectivity index (χ1n) is 5.22. The summed E-state index contributed by atoms with van der Waals surface area (Å²) in [6, 6.07) is 6.00. The summed E-state index contributed by atoms with van der Waals surface area (Å²) in [5, 5.41) is 0.276. The predicted molar refractivity (Wildman–Crippen MR) is 71.1 cm³/mol. The lowest BCUT2D eigenvalue weighted by molar-refractivity contribution is 0.556. The Balaban J connectivity index is 2.72. The van der Waals surface area contributed by atoms with Crippen molar-refractivity contribution in [3.05, 3.63) is 29.3 Å². The van der Waals surface area contributed by atoms with E-state index in [9.17, 15) is 8.42 Å². The van der Waals surface area contributed by atoms with E-state index in [2.05, 4.69) is 4.72 Å². The van der Waals surface area contributed by atoms with Crippen LogP contribution in [-0.2, 0) is 10.0 Å². The van der Waals surface area contributed by atoms with Crippen LogP contribution in [-0.4, -0.2) is 20.3 Å². The van der Waals surface area contributed by atoms with Crippen LogP contribution in [0.15, 0.2) is 29.2 Å². The van der Waals surface area contributed by atoms with Gasteiger partial charge in [-0.2, -0.15) is 0 Å². The van der Waals surface area contributed by atoms with Crippen LogP contribution in [0.4, 0.5) is 0 Å². The van der Waals surface area contributed by atoms with Gasteiger partial charge in [-0.15, -0.1) is 11.6 Å². The molecule has 0 spiro atoms. The third kappa shape index (κ3) is 4.47. The monoisotopic (exact) mass is 295 g/mol. The van der Waals surface area contributed by atoms with E-state index in [4.69, 9.17) is 23.2 Å². The zero-order valence-electron chi connectivity index (χ0n) is 9.65. The highest BCUT2D eigenvalue weighted by Crippen LogP contribution is 2.15. The number of rotatable bonds is 5. The van der Waals surface area contributed by atoms with E-state index in [-0.39, 0.29) is 22.7 Å². The molecule has 3 nitrogen and oxygen atoms in total. The molecule has 1 atom stereocenters. The third-order valence-electron chi connectivity index (χ3n) is 2.32. The van der Waals surface area contributed by atoms with E-state index in [1.807, 2.05) is 13.8 Å². The topological polar surface area (TPSA) is 46.2 Å². The van der Waals surface area contributed by atoms with Gasteiger partial charge in [0, 0.05) is 16.9 Å². The molecular weight excluding hydrogens is 281 g/mol. The quantitative estimate of drug-likeness (QED) is 0.849. The number of benzene rings is 1. The zero-order chi connectivity index (χ0) is 13.1. The van der Waals surface area contributed by atoms with Crippen LogP contribution < -0.4 is 4.72 Å². The molecule has 1 aromatic carbocycles. The Kier molecular flexibility index (Phi) is 5.25. The normalized spacial score (nSPS) is 13.9. The number of hydrogen-bond acceptors (Lipinski definition) is 2. The minimum atomic E-state index is -3.50. The summed E-state index contributed by atoms with van der Waals surface area (Å²) in [4.78, 5) is 0.189. The van der Waals surface area contributed by atoms with Crippen molar-refractivity contribution in [2.45, 2.75) is 24.1 Å². The molecule has 0 amide bonds. The molecule has 17 heavy (non-hydrogen) atoms. The average molecular weight is 296 g/mol. The fourth-order valence-electron chi connectivity index (χ4n) is 1.12. The van der Waals surface area contributed by atoms with Gasteiger partial charge < -0.3 is 0 Å². The first-order chi connectivity index (χ1) is 7.83. The van der Waals surface area contributed by atoms with Gasteiger partial charge in [-0.25, -0.2) is 13.1 Å². The molecule has 1 rings (SSSR count). The first-order valence-corrected chi connectivity index (χ1v) is 7.52. The van der Waals surface area contributed by atoms with E-state index in [1.54, 1.807) is 0 Å². The van der Waals surface area contributed by atoms with Crippen molar-refractivity contribution in [3.8, 4) is 0 Å². The lowest BCUT2D eigenvalue weighted by Crippen LogP contribution is -2.32. The minimum Gasteiger partial charge on any atom is -0.210 e. The number of nitrogens with one attached hydrogen (secondary N) is 1. The summed E-state index contributed by atoms with van der Waals surface area (Å²) in [7, 11) is -3.50. The van der Waals surface area contributed by atoms with Crippen molar-refractivity contribution in [2.75, 3.05) is 6.54 Å². The highest BCUT2D eigenvalue weighted by molar-refractivity contribution is 7.89. The molecule has 1 aromatic rings. The summed E-state index contributed by atoms with van der Waals surface area (Å²) >= 11 is 11.7. The second-order valence-corrected chi connectivity index (χ2v) is 6.83. The standard InChI is InChI=1S/C11H15Cl2NO2S/c1-8(2)11(13)7-14-17(15,16)10-5-3-9(12)4-6-10/h3-6,8,11,14H,7H2,1-2H3. The molecule has 0 saturated carbocycles. The van der Waals surface area contributed by atoms with Crippen molar-refractivity contribution in [2.24, 2.45) is 5.92 Å². The van der Waals surface area contributed by atoms with Gasteiger partial charge in [-0.3, -0.25) is 0 Å². The van der Waals surface area contributed by atoms with Crippen LogP contribution in [0.1, 0.15) is 13.8 Å². The summed E-state index contributed by atoms with van der Waals surface area (Å²) < 4.78 is 26.2. The zero-order valence-corrected chi connectivity index (χ0v) is 12.0. The first kappa shape index (κ1) is 14.8. The van der Waals surface area contributed by atoms with E-state index in [0.717, 1.165) is 0 Å². The van der Waals surface area contributed by atoms with Crippen LogP contribution in [0.5, 0.6) is 0 Å². The Morgan fingerprint density at radius 2 is 1.76 bits per heavy atom. The molecule has 0 aromatic heterocycles. The molecule has 0 aliphatic heterocycles. The molecule has 0 heterocycles. The molecular formula is C11H15Cl2NO2S. The van der Waals surface area contributed by atoms with Gasteiger partial charge in [0.1, 0.15) is 0 Å². The van der Waals surface area contributed by atoms with Gasteiger partial charge in [0.2, 0.25) is 10.0 Å². The van der Waals surface area contributed by atoms with E-state index in [0.29, 0.717) is 5.02 Å². The fourth-order valence-corrected chi connectivity index (χ4v) is 2.48. The fraction of sp³-hybridized carbons (Fsp3) is 0.455. The lowest BCUT2D eigenvalue weighted by atomic mass is 10.1. The molecule has 1 N–H and O–H groups in total. The Labute approximate surface area is 112 Å². The molecule has 0 fully saturated rings. The van der Waals surface area contributed by atoms with Gasteiger partial charge >= 0.3 is 0 Å². The van der Waals surface area contributed by atoms with Crippen LogP contribution in [0.25, 0.3) is 0 Å². The SMILES string of the molecule is CC(C)C(Cl)CNS(=O)(=O)c1ccc(Cl)cc1. The third-order valence-corrected chi connectivity index (χ3v) is 4.67. The van der Waals surface area contributed by atoms with Gasteiger partial charge in [-0.05, 0) is 30.2 Å². The lowest BCUT2D eigenvalue weighted by Gasteiger charge is -2.14. The van der Waals surface area contributed by atoms with Crippen LogP contribution in [0.3, 0.4) is 0 Å². The van der Waals surface area contributed by atoms with Crippen LogP contribution >= 0.6 is 23.2 Å². The van der Waals surface area contributed by atoms with E-state index in [1.165, 1.54) is 24.3 Å². The molecule has 96 valence electrons. The molecule has 0 aliphatic carbocycles. The maximum Gasteiger partial charge on any atom is 0.240 e. The van der Waals surface area contributed by atoms with Crippen molar-refractivity contribution in [3.63, 3.8) is 0 Å². The Hall–Kier alpha value is -0.290. The molecule has 0 saturated heterocycles. The number of alkyl halides is 1. The summed E-state index contributed by atoms with van der Waals surface area (Å²) in [6.07, 6.45) is 0.